The molecule has 0 spiro atoms. The summed E-state index contributed by atoms with van der Waals surface area (Å²) in [6.45, 7) is 1.78. The molecule has 2 atom stereocenters. The molecule has 1 aliphatic rings. The maximum atomic E-state index is 13.4. The number of amides is 1. The Kier molecular flexibility index (Phi) is 6.54. The summed E-state index contributed by atoms with van der Waals surface area (Å²) in [5.74, 6) is -0.820. The molecule has 1 saturated carbocycles. The summed E-state index contributed by atoms with van der Waals surface area (Å²) in [5.41, 5.74) is 2.09. The summed E-state index contributed by atoms with van der Waals surface area (Å²) >= 11 is 6.19. The lowest BCUT2D eigenvalue weighted by atomic mass is 9.99. The molecular formula is C25H26ClN3O4. The normalized spacial score (nSPS) is 15.9. The lowest BCUT2D eigenvalue weighted by Crippen LogP contribution is -2.40. The van der Waals surface area contributed by atoms with Gasteiger partial charge >= 0.3 is 5.97 Å². The van der Waals surface area contributed by atoms with Gasteiger partial charge in [-0.25, -0.2) is 9.78 Å². The van der Waals surface area contributed by atoms with Crippen LogP contribution in [-0.2, 0) is 16.6 Å². The second kappa shape index (κ2) is 9.37. The highest BCUT2D eigenvalue weighted by atomic mass is 35.5. The zero-order valence-electron chi connectivity index (χ0n) is 18.5. The smallest absolute Gasteiger partial charge is 0.331 e. The molecule has 1 heterocycles. The van der Waals surface area contributed by atoms with Crippen LogP contribution in [0.25, 0.3) is 11.0 Å². The largest absolute Gasteiger partial charge is 0.478 e. The number of hydrogen-bond donors (Lipinski definition) is 2. The minimum absolute atomic E-state index is 0.0678. The minimum atomic E-state index is -1.16. The molecule has 0 aliphatic heterocycles. The van der Waals surface area contributed by atoms with Crippen LogP contribution in [0.15, 0.2) is 60.2 Å². The zero-order valence-corrected chi connectivity index (χ0v) is 19.2. The second-order valence-electron chi connectivity index (χ2n) is 8.53. The van der Waals surface area contributed by atoms with Gasteiger partial charge in [0.25, 0.3) is 0 Å². The van der Waals surface area contributed by atoms with Gasteiger partial charge in [-0.2, -0.15) is 0 Å². The number of aliphatic carboxylic acids is 1. The number of hydrogen-bond acceptors (Lipinski definition) is 4. The number of halogens is 1. The highest BCUT2D eigenvalue weighted by Gasteiger charge is 2.38. The van der Waals surface area contributed by atoms with Gasteiger partial charge in [-0.3, -0.25) is 4.79 Å². The van der Waals surface area contributed by atoms with Crippen molar-refractivity contribution in [2.45, 2.75) is 31.9 Å². The van der Waals surface area contributed by atoms with Crippen molar-refractivity contribution in [3.8, 4) is 0 Å². The maximum absolute atomic E-state index is 13.4. The molecule has 0 saturated heterocycles. The first kappa shape index (κ1) is 23.0. The Morgan fingerprint density at radius 3 is 2.61 bits per heavy atom. The van der Waals surface area contributed by atoms with Gasteiger partial charge in [-0.15, -0.1) is 0 Å². The Morgan fingerprint density at radius 1 is 1.24 bits per heavy atom. The van der Waals surface area contributed by atoms with Crippen molar-refractivity contribution in [2.75, 3.05) is 6.54 Å². The van der Waals surface area contributed by atoms with Crippen molar-refractivity contribution in [3.05, 3.63) is 76.6 Å². The number of carboxylic acids is 1. The summed E-state index contributed by atoms with van der Waals surface area (Å²) < 4.78 is 1.87. The van der Waals surface area contributed by atoms with E-state index in [2.05, 4.69) is 0 Å². The van der Waals surface area contributed by atoms with Crippen LogP contribution >= 0.6 is 11.6 Å². The molecule has 4 rings (SSSR count). The highest BCUT2D eigenvalue weighted by molar-refractivity contribution is 6.30. The Bertz CT molecular complexity index is 1230. The number of imidazole rings is 1. The van der Waals surface area contributed by atoms with Gasteiger partial charge in [0.15, 0.2) is 0 Å². The first-order valence-electron chi connectivity index (χ1n) is 10.8. The van der Waals surface area contributed by atoms with E-state index in [1.54, 1.807) is 29.2 Å². The molecule has 1 aromatic heterocycles. The van der Waals surface area contributed by atoms with E-state index in [9.17, 15) is 19.8 Å². The van der Waals surface area contributed by atoms with Gasteiger partial charge < -0.3 is 19.7 Å². The number of benzene rings is 2. The van der Waals surface area contributed by atoms with E-state index in [4.69, 9.17) is 16.6 Å². The number of aromatic nitrogens is 2. The Labute approximate surface area is 196 Å². The van der Waals surface area contributed by atoms with Gasteiger partial charge in [0.1, 0.15) is 18.0 Å². The predicted octanol–water partition coefficient (Wildman–Crippen LogP) is 4.27. The number of carboxylic acid groups (broad SMARTS) is 1. The third-order valence-corrected chi connectivity index (χ3v) is 6.26. The number of fused-ring (bicyclic) bond motifs is 1. The van der Waals surface area contributed by atoms with Crippen LogP contribution < -0.4 is 0 Å². The summed E-state index contributed by atoms with van der Waals surface area (Å²) in [7, 11) is 1.85. The Morgan fingerprint density at radius 2 is 1.97 bits per heavy atom. The molecule has 172 valence electrons. The van der Waals surface area contributed by atoms with E-state index in [1.165, 1.54) is 6.92 Å². The van der Waals surface area contributed by atoms with E-state index in [-0.39, 0.29) is 5.57 Å². The average Bonchev–Trinajstić information content (AvgIpc) is 3.55. The van der Waals surface area contributed by atoms with E-state index >= 15 is 0 Å². The number of rotatable bonds is 8. The molecule has 2 aromatic carbocycles. The average molecular weight is 468 g/mol. The lowest BCUT2D eigenvalue weighted by Gasteiger charge is -2.34. The second-order valence-corrected chi connectivity index (χ2v) is 8.97. The van der Waals surface area contributed by atoms with Crippen molar-refractivity contribution in [3.63, 3.8) is 0 Å². The number of aryl methyl sites for hydroxylation is 1. The first-order chi connectivity index (χ1) is 15.8. The topological polar surface area (TPSA) is 95.7 Å². The molecule has 0 radical (unpaired) electrons. The lowest BCUT2D eigenvalue weighted by molar-refractivity contribution is -0.135. The van der Waals surface area contributed by atoms with Crippen molar-refractivity contribution in [1.29, 1.82) is 0 Å². The molecule has 1 amide bonds. The van der Waals surface area contributed by atoms with Crippen molar-refractivity contribution < 1.29 is 19.8 Å². The van der Waals surface area contributed by atoms with Gasteiger partial charge in [-0.1, -0.05) is 35.9 Å². The number of nitrogens with zero attached hydrogens (tertiary/aromatic N) is 3. The quantitative estimate of drug-likeness (QED) is 0.482. The summed E-state index contributed by atoms with van der Waals surface area (Å²) in [6, 6.07) is 13.6. The van der Waals surface area contributed by atoms with Crippen LogP contribution in [0.1, 0.15) is 43.3 Å². The molecule has 33 heavy (non-hydrogen) atoms. The van der Waals surface area contributed by atoms with Crippen LogP contribution in [0.3, 0.4) is 0 Å². The summed E-state index contributed by atoms with van der Waals surface area (Å²) in [5, 5.41) is 21.3. The van der Waals surface area contributed by atoms with Crippen molar-refractivity contribution in [2.24, 2.45) is 13.0 Å². The fourth-order valence-electron chi connectivity index (χ4n) is 4.00. The minimum Gasteiger partial charge on any atom is -0.478 e. The summed E-state index contributed by atoms with van der Waals surface area (Å²) in [4.78, 5) is 31.1. The number of para-hydroxylation sites is 2. The van der Waals surface area contributed by atoms with Gasteiger partial charge in [0.05, 0.1) is 11.0 Å². The van der Waals surface area contributed by atoms with Crippen LogP contribution in [0.5, 0.6) is 0 Å². The van der Waals surface area contributed by atoms with Crippen LogP contribution in [-0.4, -0.2) is 43.1 Å². The van der Waals surface area contributed by atoms with Crippen LogP contribution in [0.4, 0.5) is 0 Å². The van der Waals surface area contributed by atoms with Crippen LogP contribution in [0.2, 0.25) is 5.02 Å². The third kappa shape index (κ3) is 4.94. The van der Waals surface area contributed by atoms with E-state index in [1.807, 2.05) is 35.9 Å². The fraction of sp³-hybridized carbons (Fsp3) is 0.320. The highest BCUT2D eigenvalue weighted by Crippen LogP contribution is 2.39. The first-order valence-corrected chi connectivity index (χ1v) is 11.2. The van der Waals surface area contributed by atoms with Crippen molar-refractivity contribution >= 4 is 34.5 Å². The number of carbonyl (C=O) groups is 2. The SMILES string of the molecule is C/C(=C\C(=O)N(CC1CC1)[C@H](c1nc2ccccc2n1C)[C@H](O)c1cccc(Cl)c1)C(=O)O. The van der Waals surface area contributed by atoms with Gasteiger partial charge in [-0.05, 0) is 55.5 Å². The zero-order chi connectivity index (χ0) is 23.7. The van der Waals surface area contributed by atoms with E-state index < -0.39 is 24.0 Å². The number of aliphatic hydroxyl groups excluding tert-OH is 1. The van der Waals surface area contributed by atoms with Crippen LogP contribution in [0, 0.1) is 5.92 Å². The molecule has 3 aromatic rings. The molecule has 7 nitrogen and oxygen atoms in total. The monoisotopic (exact) mass is 467 g/mol. The standard InChI is InChI=1S/C25H26ClN3O4/c1-15(25(32)33)12-21(30)29(14-16-10-11-16)22(23(31)17-6-5-7-18(26)13-17)24-27-19-8-3-4-9-20(19)28(24)2/h3-9,12-13,16,22-23,31H,10-11,14H2,1-2H3,(H,32,33)/b15-12+/t22-,23+/m0/s1. The Balaban J connectivity index is 1.86. The summed E-state index contributed by atoms with van der Waals surface area (Å²) in [6.07, 6.45) is 1.95. The molecule has 1 aliphatic carbocycles. The van der Waals surface area contributed by atoms with E-state index in [0.717, 1.165) is 30.0 Å². The van der Waals surface area contributed by atoms with Crippen molar-refractivity contribution in [1.82, 2.24) is 14.5 Å². The van der Waals surface area contributed by atoms with E-state index in [0.29, 0.717) is 28.9 Å². The predicted molar refractivity (Wildman–Crippen MR) is 126 cm³/mol. The molecule has 8 heteroatoms. The Hall–Kier alpha value is -3.16. The number of carbonyl (C=O) groups excluding carboxylic acids is 1. The molecular weight excluding hydrogens is 442 g/mol. The van der Waals surface area contributed by atoms with Gasteiger partial charge in [0.2, 0.25) is 5.91 Å². The van der Waals surface area contributed by atoms with Gasteiger partial charge in [0, 0.05) is 30.3 Å². The number of aliphatic hydroxyl groups is 1. The third-order valence-electron chi connectivity index (χ3n) is 6.02. The maximum Gasteiger partial charge on any atom is 0.331 e. The fourth-order valence-corrected chi connectivity index (χ4v) is 4.20. The molecule has 0 unspecified atom stereocenters. The molecule has 2 N–H and O–H groups in total. The molecule has 1 fully saturated rings. The molecule has 0 bridgehead atoms.